The topological polar surface area (TPSA) is 87.7 Å². The minimum Gasteiger partial charge on any atom is -0.486 e. The molecule has 8 heteroatoms. The summed E-state index contributed by atoms with van der Waals surface area (Å²) < 4.78 is 6.03. The summed E-state index contributed by atoms with van der Waals surface area (Å²) >= 11 is 1.38. The molecule has 1 saturated heterocycles. The minimum atomic E-state index is -0.334. The number of ketones is 1. The molecule has 4 rings (SSSR count). The van der Waals surface area contributed by atoms with Crippen molar-refractivity contribution in [2.45, 2.75) is 24.9 Å². The Bertz CT molecular complexity index is 1130. The molecule has 0 aliphatic carbocycles. The first-order valence-electron chi connectivity index (χ1n) is 11.4. The van der Waals surface area contributed by atoms with E-state index in [-0.39, 0.29) is 17.4 Å². The van der Waals surface area contributed by atoms with Crippen molar-refractivity contribution in [3.8, 4) is 10.4 Å². The Morgan fingerprint density at radius 1 is 1.17 bits per heavy atom. The molecule has 2 amide bonds. The number of likely N-dealkylation sites (tertiary alicyclic amines) is 1. The maximum Gasteiger partial charge on any atom is 0.319 e. The van der Waals surface area contributed by atoms with E-state index in [0.717, 1.165) is 42.7 Å². The van der Waals surface area contributed by atoms with Crippen LogP contribution in [0.1, 0.15) is 29.6 Å². The smallest absolute Gasteiger partial charge is 0.319 e. The van der Waals surface area contributed by atoms with E-state index in [4.69, 9.17) is 4.74 Å². The van der Waals surface area contributed by atoms with E-state index in [0.29, 0.717) is 28.3 Å². The third-order valence-electron chi connectivity index (χ3n) is 6.06. The van der Waals surface area contributed by atoms with Gasteiger partial charge in [-0.05, 0) is 24.8 Å². The largest absolute Gasteiger partial charge is 0.486 e. The van der Waals surface area contributed by atoms with Gasteiger partial charge in [-0.1, -0.05) is 49.6 Å². The third kappa shape index (κ3) is 6.35. The second-order valence-corrected chi connectivity index (χ2v) is 9.51. The van der Waals surface area contributed by atoms with Crippen LogP contribution < -0.4 is 10.6 Å². The monoisotopic (exact) mass is 493 g/mol. The van der Waals surface area contributed by atoms with Gasteiger partial charge in [-0.15, -0.1) is 11.3 Å². The van der Waals surface area contributed by atoms with Crippen LogP contribution in [0.5, 0.6) is 0 Å². The molecule has 35 heavy (non-hydrogen) atoms. The zero-order valence-corrected chi connectivity index (χ0v) is 21.0. The normalized spacial score (nSPS) is 17.0. The summed E-state index contributed by atoms with van der Waals surface area (Å²) in [7, 11) is 3.62. The number of nitrogens with zero attached hydrogens (tertiary/aromatic N) is 1. The van der Waals surface area contributed by atoms with Gasteiger partial charge in [0.05, 0.1) is 12.0 Å². The van der Waals surface area contributed by atoms with Crippen LogP contribution in [-0.4, -0.2) is 55.8 Å². The van der Waals surface area contributed by atoms with Crippen LogP contribution in [-0.2, 0) is 9.53 Å². The molecule has 1 spiro atoms. The Kier molecular flexibility index (Phi) is 8.78. The van der Waals surface area contributed by atoms with Crippen molar-refractivity contribution >= 4 is 34.4 Å². The average Bonchev–Trinajstić information content (AvgIpc) is 3.29. The number of rotatable bonds is 5. The van der Waals surface area contributed by atoms with Crippen LogP contribution in [0.15, 0.2) is 73.0 Å². The van der Waals surface area contributed by atoms with Gasteiger partial charge in [0.2, 0.25) is 0 Å². The van der Waals surface area contributed by atoms with Crippen molar-refractivity contribution in [3.63, 3.8) is 0 Å². The van der Waals surface area contributed by atoms with E-state index in [1.54, 1.807) is 18.2 Å². The molecule has 2 aliphatic heterocycles. The molecule has 3 heterocycles. The zero-order chi connectivity index (χ0) is 25.4. The highest BCUT2D eigenvalue weighted by Crippen LogP contribution is 2.38. The molecule has 0 saturated carbocycles. The second-order valence-electron chi connectivity index (χ2n) is 8.46. The van der Waals surface area contributed by atoms with Crippen LogP contribution in [0.4, 0.5) is 9.80 Å². The Morgan fingerprint density at radius 3 is 2.43 bits per heavy atom. The maximum absolute atomic E-state index is 12.1. The molecule has 2 aromatic rings. The molecular weight excluding hydrogens is 462 g/mol. The number of carbonyl (C=O) groups is 3. The zero-order valence-electron chi connectivity index (χ0n) is 20.1. The van der Waals surface area contributed by atoms with Crippen LogP contribution in [0.3, 0.4) is 0 Å². The molecule has 184 valence electrons. The Balaban J connectivity index is 0.000000196. The number of allylic oxidation sites excluding steroid dienone is 3. The molecule has 0 unspecified atom stereocenters. The summed E-state index contributed by atoms with van der Waals surface area (Å²) in [4.78, 5) is 37.5. The molecule has 7 nitrogen and oxygen atoms in total. The predicted molar refractivity (Wildman–Crippen MR) is 141 cm³/mol. The Labute approximate surface area is 210 Å². The number of benzene rings is 1. The number of nitrogens with one attached hydrogen (secondary N) is 2. The Hall–Kier alpha value is -3.49. The van der Waals surface area contributed by atoms with Crippen molar-refractivity contribution in [1.82, 2.24) is 10.2 Å². The molecule has 1 fully saturated rings. The predicted octanol–water partition coefficient (Wildman–Crippen LogP) is 5.05. The summed E-state index contributed by atoms with van der Waals surface area (Å²) in [6, 6.07) is 11.2. The van der Waals surface area contributed by atoms with E-state index in [1.165, 1.54) is 18.4 Å². The highest BCUT2D eigenvalue weighted by atomic mass is 32.1. The number of hydrogen-bond donors (Lipinski definition) is 2. The van der Waals surface area contributed by atoms with E-state index in [9.17, 15) is 14.4 Å². The van der Waals surface area contributed by atoms with Crippen molar-refractivity contribution in [3.05, 3.63) is 78.6 Å². The van der Waals surface area contributed by atoms with Gasteiger partial charge in [0.25, 0.3) is 0 Å². The lowest BCUT2D eigenvalue weighted by atomic mass is 9.82. The SMILES string of the molecule is C=CC1=C(C=C)C(=O)CC2(CCN(C)CC2)O1.CNC(=O)Nc1sc(-c2ccccc2)cc1C=O. The number of anilines is 1. The quantitative estimate of drug-likeness (QED) is 0.570. The number of urea groups is 1. The van der Waals surface area contributed by atoms with Gasteiger partial charge in [0.1, 0.15) is 16.4 Å². The van der Waals surface area contributed by atoms with E-state index in [1.807, 2.05) is 30.3 Å². The van der Waals surface area contributed by atoms with Gasteiger partial charge in [0, 0.05) is 43.4 Å². The number of carbonyl (C=O) groups excluding carboxylic acids is 3. The van der Waals surface area contributed by atoms with Crippen molar-refractivity contribution in [2.75, 3.05) is 32.5 Å². The van der Waals surface area contributed by atoms with E-state index < -0.39 is 0 Å². The maximum atomic E-state index is 12.1. The fraction of sp³-hybridized carbons (Fsp3) is 0.296. The summed E-state index contributed by atoms with van der Waals surface area (Å²) in [5, 5.41) is 5.65. The van der Waals surface area contributed by atoms with Crippen LogP contribution in [0.2, 0.25) is 0 Å². The molecule has 0 atom stereocenters. The first-order valence-corrected chi connectivity index (χ1v) is 12.2. The van der Waals surface area contributed by atoms with Crippen molar-refractivity contribution in [2.24, 2.45) is 0 Å². The number of amides is 2. The number of Topliss-reactive ketones (excluding diaryl/α,β-unsaturated/α-hetero) is 1. The first-order chi connectivity index (χ1) is 16.8. The summed E-state index contributed by atoms with van der Waals surface area (Å²) in [6.07, 6.45) is 6.21. The first kappa shape index (κ1) is 26.1. The van der Waals surface area contributed by atoms with Gasteiger partial charge in [-0.25, -0.2) is 4.79 Å². The highest BCUT2D eigenvalue weighted by molar-refractivity contribution is 7.20. The highest BCUT2D eigenvalue weighted by Gasteiger charge is 2.42. The van der Waals surface area contributed by atoms with Gasteiger partial charge in [0.15, 0.2) is 12.1 Å². The molecule has 1 aromatic carbocycles. The number of ether oxygens (including phenoxy) is 1. The molecule has 2 N–H and O–H groups in total. The van der Waals surface area contributed by atoms with Crippen molar-refractivity contribution < 1.29 is 19.1 Å². The number of piperidine rings is 1. The van der Waals surface area contributed by atoms with Gasteiger partial charge in [-0.2, -0.15) is 0 Å². The van der Waals surface area contributed by atoms with E-state index in [2.05, 4.69) is 35.7 Å². The lowest BCUT2D eigenvalue weighted by Gasteiger charge is -2.43. The Morgan fingerprint density at radius 2 is 1.86 bits per heavy atom. The molecule has 0 bridgehead atoms. The fourth-order valence-electron chi connectivity index (χ4n) is 4.02. The molecular formula is C27H31N3O4S. The molecule has 0 radical (unpaired) electrons. The van der Waals surface area contributed by atoms with Crippen LogP contribution in [0, 0.1) is 0 Å². The summed E-state index contributed by atoms with van der Waals surface area (Å²) in [6.45, 7) is 9.33. The van der Waals surface area contributed by atoms with Gasteiger partial charge >= 0.3 is 6.03 Å². The lowest BCUT2D eigenvalue weighted by Crippen LogP contribution is -2.47. The average molecular weight is 494 g/mol. The van der Waals surface area contributed by atoms with Crippen LogP contribution in [0.25, 0.3) is 10.4 Å². The minimum absolute atomic E-state index is 0.130. The van der Waals surface area contributed by atoms with E-state index >= 15 is 0 Å². The van der Waals surface area contributed by atoms with Gasteiger partial charge in [-0.3, -0.25) is 14.9 Å². The standard InChI is InChI=1S/C14H19NO2.C13H12N2O2S/c1-4-11-12(16)10-14(17-13(11)5-2)6-8-15(3)9-7-14;1-14-13(17)15-12-10(8-16)7-11(18-12)9-5-3-2-4-6-9/h4-5H,1-2,6-10H2,3H3;2-8H,1H3,(H2,14,15,17). The second kappa shape index (κ2) is 11.8. The van der Waals surface area contributed by atoms with Crippen molar-refractivity contribution in [1.29, 1.82) is 0 Å². The number of hydrogen-bond acceptors (Lipinski definition) is 6. The summed E-state index contributed by atoms with van der Waals surface area (Å²) in [5.74, 6) is 0.728. The van der Waals surface area contributed by atoms with Gasteiger partial charge < -0.3 is 15.0 Å². The summed E-state index contributed by atoms with van der Waals surface area (Å²) in [5.41, 5.74) is 1.78. The van der Waals surface area contributed by atoms with Crippen LogP contribution >= 0.6 is 11.3 Å². The molecule has 1 aromatic heterocycles. The fourth-order valence-corrected chi connectivity index (χ4v) is 5.05. The lowest BCUT2D eigenvalue weighted by molar-refractivity contribution is -0.127. The number of aldehydes is 1. The number of thiophene rings is 1. The third-order valence-corrected chi connectivity index (χ3v) is 7.18. The molecule has 2 aliphatic rings.